The Hall–Kier alpha value is -1.82. The monoisotopic (exact) mass is 250 g/mol. The Balaban J connectivity index is 2.07. The van der Waals surface area contributed by atoms with Crippen molar-refractivity contribution in [1.82, 2.24) is 9.97 Å². The number of hydrogen-bond acceptors (Lipinski definition) is 6. The highest BCUT2D eigenvalue weighted by Crippen LogP contribution is 2.20. The van der Waals surface area contributed by atoms with Crippen LogP contribution in [0.25, 0.3) is 0 Å². The molecule has 0 saturated carbocycles. The molecule has 0 bridgehead atoms. The molecule has 0 amide bonds. The number of nitrogens with one attached hydrogen (secondary N) is 1. The molecular formula is C11H14N4OS. The average Bonchev–Trinajstić information content (AvgIpc) is 2.74. The van der Waals surface area contributed by atoms with Crippen LogP contribution in [0.2, 0.25) is 0 Å². The molecule has 17 heavy (non-hydrogen) atoms. The summed E-state index contributed by atoms with van der Waals surface area (Å²) in [5.41, 5.74) is 7.44. The third kappa shape index (κ3) is 2.85. The molecule has 6 heteroatoms. The SMILES string of the molecule is COc1ccc(N)c(NCc2nc(C)cs2)n1. The lowest BCUT2D eigenvalue weighted by molar-refractivity contribution is 0.398. The number of thiazole rings is 1. The van der Waals surface area contributed by atoms with Gasteiger partial charge in [-0.25, -0.2) is 4.98 Å². The molecule has 2 aromatic rings. The van der Waals surface area contributed by atoms with E-state index < -0.39 is 0 Å². The lowest BCUT2D eigenvalue weighted by atomic mass is 10.4. The summed E-state index contributed by atoms with van der Waals surface area (Å²) in [6.45, 7) is 2.58. The molecule has 0 aliphatic carbocycles. The van der Waals surface area contributed by atoms with Gasteiger partial charge in [-0.3, -0.25) is 0 Å². The van der Waals surface area contributed by atoms with Crippen LogP contribution in [-0.4, -0.2) is 17.1 Å². The molecular weight excluding hydrogens is 236 g/mol. The van der Waals surface area contributed by atoms with Crippen molar-refractivity contribution >= 4 is 22.8 Å². The van der Waals surface area contributed by atoms with E-state index in [1.807, 2.05) is 12.3 Å². The van der Waals surface area contributed by atoms with Crippen LogP contribution in [0.4, 0.5) is 11.5 Å². The van der Waals surface area contributed by atoms with Crippen LogP contribution >= 0.6 is 11.3 Å². The van der Waals surface area contributed by atoms with E-state index >= 15 is 0 Å². The van der Waals surface area contributed by atoms with E-state index in [0.29, 0.717) is 23.9 Å². The third-order valence-corrected chi connectivity index (χ3v) is 3.15. The zero-order chi connectivity index (χ0) is 12.3. The van der Waals surface area contributed by atoms with E-state index in [0.717, 1.165) is 10.7 Å². The molecule has 2 aromatic heterocycles. The Morgan fingerprint density at radius 2 is 2.24 bits per heavy atom. The zero-order valence-electron chi connectivity index (χ0n) is 9.73. The number of hydrogen-bond donors (Lipinski definition) is 2. The topological polar surface area (TPSA) is 73.1 Å². The highest BCUT2D eigenvalue weighted by Gasteiger charge is 2.04. The minimum absolute atomic E-state index is 0.539. The maximum atomic E-state index is 5.82. The second-order valence-corrected chi connectivity index (χ2v) is 4.47. The van der Waals surface area contributed by atoms with E-state index in [4.69, 9.17) is 10.5 Å². The van der Waals surface area contributed by atoms with Gasteiger partial charge in [0.1, 0.15) is 5.01 Å². The van der Waals surface area contributed by atoms with Gasteiger partial charge in [0, 0.05) is 17.1 Å². The molecule has 5 nitrogen and oxygen atoms in total. The summed E-state index contributed by atoms with van der Waals surface area (Å²) in [5.74, 6) is 1.16. The van der Waals surface area contributed by atoms with Gasteiger partial charge in [-0.15, -0.1) is 11.3 Å². The first-order valence-electron chi connectivity index (χ1n) is 5.14. The zero-order valence-corrected chi connectivity index (χ0v) is 10.5. The number of methoxy groups -OCH3 is 1. The first kappa shape index (κ1) is 11.7. The van der Waals surface area contributed by atoms with Crippen molar-refractivity contribution in [3.05, 3.63) is 28.2 Å². The fourth-order valence-corrected chi connectivity index (χ4v) is 2.06. The largest absolute Gasteiger partial charge is 0.481 e. The Labute approximate surface area is 104 Å². The Morgan fingerprint density at radius 1 is 1.41 bits per heavy atom. The molecule has 90 valence electrons. The summed E-state index contributed by atoms with van der Waals surface area (Å²) >= 11 is 1.61. The maximum Gasteiger partial charge on any atom is 0.215 e. The molecule has 0 aromatic carbocycles. The molecule has 0 atom stereocenters. The van der Waals surface area contributed by atoms with Crippen LogP contribution in [0.1, 0.15) is 10.7 Å². The predicted octanol–water partition coefficient (Wildman–Crippen LogP) is 2.05. The fourth-order valence-electron chi connectivity index (χ4n) is 1.35. The van der Waals surface area contributed by atoms with E-state index in [-0.39, 0.29) is 0 Å². The minimum Gasteiger partial charge on any atom is -0.481 e. The van der Waals surface area contributed by atoms with Crippen molar-refractivity contribution < 1.29 is 4.74 Å². The number of nitrogens with two attached hydrogens (primary N) is 1. The average molecular weight is 250 g/mol. The van der Waals surface area contributed by atoms with Crippen LogP contribution in [0.15, 0.2) is 17.5 Å². The molecule has 0 radical (unpaired) electrons. The number of aromatic nitrogens is 2. The summed E-state index contributed by atoms with van der Waals surface area (Å²) in [5, 5.41) is 6.17. The lowest BCUT2D eigenvalue weighted by Crippen LogP contribution is -2.05. The van der Waals surface area contributed by atoms with Gasteiger partial charge >= 0.3 is 0 Å². The molecule has 2 rings (SSSR count). The van der Waals surface area contributed by atoms with Crippen molar-refractivity contribution in [2.24, 2.45) is 0 Å². The third-order valence-electron chi connectivity index (χ3n) is 2.18. The summed E-state index contributed by atoms with van der Waals surface area (Å²) in [4.78, 5) is 8.59. The smallest absolute Gasteiger partial charge is 0.215 e. The van der Waals surface area contributed by atoms with Crippen LogP contribution in [0.5, 0.6) is 5.88 Å². The lowest BCUT2D eigenvalue weighted by Gasteiger charge is -2.08. The van der Waals surface area contributed by atoms with Crippen molar-refractivity contribution in [1.29, 1.82) is 0 Å². The van der Waals surface area contributed by atoms with Gasteiger partial charge in [-0.1, -0.05) is 0 Å². The number of rotatable bonds is 4. The molecule has 3 N–H and O–H groups in total. The van der Waals surface area contributed by atoms with Gasteiger partial charge in [-0.05, 0) is 13.0 Å². The van der Waals surface area contributed by atoms with Crippen LogP contribution in [0, 0.1) is 6.92 Å². The summed E-state index contributed by atoms with van der Waals surface area (Å²) < 4.78 is 5.05. The minimum atomic E-state index is 0.539. The molecule has 2 heterocycles. The summed E-state index contributed by atoms with van der Waals surface area (Å²) in [7, 11) is 1.58. The number of anilines is 2. The first-order chi connectivity index (χ1) is 8.19. The number of nitrogens with zero attached hydrogens (tertiary/aromatic N) is 2. The van der Waals surface area contributed by atoms with Crippen LogP contribution < -0.4 is 15.8 Å². The van der Waals surface area contributed by atoms with Gasteiger partial charge in [-0.2, -0.15) is 4.98 Å². The van der Waals surface area contributed by atoms with Crippen LogP contribution in [0.3, 0.4) is 0 Å². The summed E-state index contributed by atoms with van der Waals surface area (Å²) in [6, 6.07) is 3.50. The first-order valence-corrected chi connectivity index (χ1v) is 6.02. The second kappa shape index (κ2) is 5.01. The molecule has 0 saturated heterocycles. The van der Waals surface area contributed by atoms with Crippen molar-refractivity contribution in [3.8, 4) is 5.88 Å². The van der Waals surface area contributed by atoms with E-state index in [1.165, 1.54) is 0 Å². The summed E-state index contributed by atoms with van der Waals surface area (Å²) in [6.07, 6.45) is 0. The quantitative estimate of drug-likeness (QED) is 0.868. The van der Waals surface area contributed by atoms with E-state index in [1.54, 1.807) is 30.6 Å². The van der Waals surface area contributed by atoms with Gasteiger partial charge in [0.25, 0.3) is 0 Å². The maximum absolute atomic E-state index is 5.82. The van der Waals surface area contributed by atoms with Gasteiger partial charge < -0.3 is 15.8 Å². The Bertz CT molecular complexity index is 512. The van der Waals surface area contributed by atoms with Crippen LogP contribution in [-0.2, 0) is 6.54 Å². The fraction of sp³-hybridized carbons (Fsp3) is 0.273. The van der Waals surface area contributed by atoms with E-state index in [9.17, 15) is 0 Å². The van der Waals surface area contributed by atoms with E-state index in [2.05, 4.69) is 15.3 Å². The van der Waals surface area contributed by atoms with Crippen molar-refractivity contribution in [2.75, 3.05) is 18.2 Å². The predicted molar refractivity (Wildman–Crippen MR) is 69.4 cm³/mol. The van der Waals surface area contributed by atoms with Gasteiger partial charge in [0.15, 0.2) is 5.82 Å². The molecule has 0 aliphatic heterocycles. The molecule has 0 aliphatic rings. The Morgan fingerprint density at radius 3 is 2.88 bits per heavy atom. The number of ether oxygens (including phenoxy) is 1. The number of pyridine rings is 1. The molecule has 0 spiro atoms. The Kier molecular flexibility index (Phi) is 3.43. The highest BCUT2D eigenvalue weighted by molar-refractivity contribution is 7.09. The molecule has 0 unspecified atom stereocenters. The number of aryl methyl sites for hydroxylation is 1. The normalized spacial score (nSPS) is 10.2. The highest BCUT2D eigenvalue weighted by atomic mass is 32.1. The van der Waals surface area contributed by atoms with Crippen molar-refractivity contribution in [2.45, 2.75) is 13.5 Å². The number of nitrogen functional groups attached to an aromatic ring is 1. The second-order valence-electron chi connectivity index (χ2n) is 3.53. The standard InChI is InChI=1S/C11H14N4OS/c1-7-6-17-10(14-7)5-13-11-8(12)3-4-9(15-11)16-2/h3-4,6H,5,12H2,1-2H3,(H,13,15). The molecule has 0 fully saturated rings. The van der Waals surface area contributed by atoms with Gasteiger partial charge in [0.2, 0.25) is 5.88 Å². The van der Waals surface area contributed by atoms with Crippen molar-refractivity contribution in [3.63, 3.8) is 0 Å². The van der Waals surface area contributed by atoms with Gasteiger partial charge in [0.05, 0.1) is 19.3 Å².